The minimum atomic E-state index is -0.560. The maximum Gasteiger partial charge on any atom is 0.310 e. The molecule has 0 amide bonds. The van der Waals surface area contributed by atoms with Gasteiger partial charge in [0.25, 0.3) is 0 Å². The van der Waals surface area contributed by atoms with Crippen LogP contribution in [0.5, 0.6) is 0 Å². The number of fused-ring (bicyclic) bond motifs is 1. The van der Waals surface area contributed by atoms with E-state index < -0.39 is 24.0 Å². The van der Waals surface area contributed by atoms with E-state index in [0.717, 1.165) is 45.2 Å². The van der Waals surface area contributed by atoms with Crippen LogP contribution in [-0.2, 0) is 33.3 Å². The van der Waals surface area contributed by atoms with Gasteiger partial charge in [0.05, 0.1) is 31.0 Å². The van der Waals surface area contributed by atoms with Crippen molar-refractivity contribution in [2.24, 2.45) is 29.6 Å². The average molecular weight is 421 g/mol. The Bertz CT molecular complexity index is 685. The predicted molar refractivity (Wildman–Crippen MR) is 103 cm³/mol. The van der Waals surface area contributed by atoms with Gasteiger partial charge >= 0.3 is 17.9 Å². The molecule has 0 aromatic carbocycles. The first-order valence-corrected chi connectivity index (χ1v) is 11.5. The summed E-state index contributed by atoms with van der Waals surface area (Å²) >= 11 is 0. The number of nitrogens with zero attached hydrogens (tertiary/aromatic N) is 1. The van der Waals surface area contributed by atoms with Gasteiger partial charge in [0.1, 0.15) is 18.8 Å². The molecule has 2 aliphatic heterocycles. The molecule has 5 fully saturated rings. The zero-order chi connectivity index (χ0) is 20.7. The van der Waals surface area contributed by atoms with Crippen molar-refractivity contribution in [3.05, 3.63) is 0 Å². The number of ether oxygens (including phenoxy) is 4. The number of hydrogen-bond acceptors (Lipinski definition) is 8. The first kappa shape index (κ1) is 20.2. The van der Waals surface area contributed by atoms with Crippen molar-refractivity contribution in [3.8, 4) is 0 Å². The van der Waals surface area contributed by atoms with Crippen LogP contribution >= 0.6 is 0 Å². The van der Waals surface area contributed by atoms with Crippen LogP contribution in [0.15, 0.2) is 0 Å². The molecule has 166 valence electrons. The standard InChI is InChI=1S/C22H31NO7/c24-20(13-4-2-1-3-5-13)29-18-14-12-15-17(22(26)30-19(15)18)16(14)21(25)28-11-8-23-6-9-27-10-7-23/h13-19H,1-12H2. The van der Waals surface area contributed by atoms with Crippen LogP contribution in [0.2, 0.25) is 0 Å². The second-order valence-corrected chi connectivity index (χ2v) is 9.37. The molecule has 2 saturated heterocycles. The summed E-state index contributed by atoms with van der Waals surface area (Å²) in [5, 5.41) is 0. The van der Waals surface area contributed by atoms with Crippen molar-refractivity contribution >= 4 is 17.9 Å². The summed E-state index contributed by atoms with van der Waals surface area (Å²) in [5.74, 6) is -2.16. The maximum atomic E-state index is 12.9. The van der Waals surface area contributed by atoms with Crippen molar-refractivity contribution < 1.29 is 33.3 Å². The Labute approximate surface area is 176 Å². The van der Waals surface area contributed by atoms with E-state index in [1.54, 1.807) is 0 Å². The van der Waals surface area contributed by atoms with Crippen LogP contribution in [0.3, 0.4) is 0 Å². The molecule has 0 aromatic heterocycles. The Kier molecular flexibility index (Phi) is 5.71. The molecule has 5 aliphatic rings. The van der Waals surface area contributed by atoms with Crippen LogP contribution in [-0.4, -0.2) is 74.5 Å². The number of carbonyl (C=O) groups excluding carboxylic acids is 3. The lowest BCUT2D eigenvalue weighted by Crippen LogP contribution is -2.45. The average Bonchev–Trinajstić information content (AvgIpc) is 3.39. The molecule has 6 atom stereocenters. The van der Waals surface area contributed by atoms with E-state index in [1.165, 1.54) is 0 Å². The monoisotopic (exact) mass is 421 g/mol. The van der Waals surface area contributed by atoms with Gasteiger partial charge in [-0.1, -0.05) is 19.3 Å². The number of carbonyl (C=O) groups is 3. The third kappa shape index (κ3) is 3.62. The van der Waals surface area contributed by atoms with Crippen molar-refractivity contribution in [3.63, 3.8) is 0 Å². The second kappa shape index (κ2) is 8.46. The molecule has 3 aliphatic carbocycles. The predicted octanol–water partition coefficient (Wildman–Crippen LogP) is 1.16. The molecular formula is C22H31NO7. The van der Waals surface area contributed by atoms with Gasteiger partial charge in [-0.05, 0) is 19.3 Å². The maximum absolute atomic E-state index is 12.9. The van der Waals surface area contributed by atoms with E-state index >= 15 is 0 Å². The van der Waals surface area contributed by atoms with E-state index in [1.807, 2.05) is 0 Å². The van der Waals surface area contributed by atoms with Gasteiger partial charge in [-0.15, -0.1) is 0 Å². The molecule has 5 rings (SSSR count). The van der Waals surface area contributed by atoms with Gasteiger partial charge in [0, 0.05) is 31.5 Å². The molecule has 30 heavy (non-hydrogen) atoms. The van der Waals surface area contributed by atoms with E-state index in [9.17, 15) is 14.4 Å². The minimum Gasteiger partial charge on any atom is -0.464 e. The zero-order valence-corrected chi connectivity index (χ0v) is 17.3. The van der Waals surface area contributed by atoms with Crippen molar-refractivity contribution in [2.75, 3.05) is 39.5 Å². The lowest BCUT2D eigenvalue weighted by Gasteiger charge is -2.32. The van der Waals surface area contributed by atoms with E-state index in [4.69, 9.17) is 18.9 Å². The summed E-state index contributed by atoms with van der Waals surface area (Å²) in [5.41, 5.74) is 0. The van der Waals surface area contributed by atoms with Crippen molar-refractivity contribution in [1.29, 1.82) is 0 Å². The summed E-state index contributed by atoms with van der Waals surface area (Å²) in [4.78, 5) is 40.3. The van der Waals surface area contributed by atoms with Crippen LogP contribution in [0.1, 0.15) is 38.5 Å². The Morgan fingerprint density at radius 2 is 1.80 bits per heavy atom. The Morgan fingerprint density at radius 1 is 1.03 bits per heavy atom. The normalized spacial score (nSPS) is 38.5. The largest absolute Gasteiger partial charge is 0.464 e. The highest BCUT2D eigenvalue weighted by atomic mass is 16.6. The first-order chi connectivity index (χ1) is 14.6. The second-order valence-electron chi connectivity index (χ2n) is 9.37. The SMILES string of the molecule is O=C(OC1C2CC3C1OC(=O)C3C2C(=O)OCCN1CCOCC1)C1CCCCC1. The van der Waals surface area contributed by atoms with Crippen LogP contribution in [0.4, 0.5) is 0 Å². The minimum absolute atomic E-state index is 0.0385. The summed E-state index contributed by atoms with van der Waals surface area (Å²) < 4.78 is 22.4. The van der Waals surface area contributed by atoms with Crippen LogP contribution < -0.4 is 0 Å². The molecule has 0 spiro atoms. The van der Waals surface area contributed by atoms with Crippen molar-refractivity contribution in [2.45, 2.75) is 50.7 Å². The molecule has 3 saturated carbocycles. The smallest absolute Gasteiger partial charge is 0.310 e. The lowest BCUT2D eigenvalue weighted by molar-refractivity contribution is -0.170. The molecule has 6 unspecified atom stereocenters. The van der Waals surface area contributed by atoms with Gasteiger partial charge in [-0.2, -0.15) is 0 Å². The van der Waals surface area contributed by atoms with Gasteiger partial charge in [-0.3, -0.25) is 19.3 Å². The molecule has 0 radical (unpaired) electrons. The van der Waals surface area contributed by atoms with Gasteiger partial charge in [-0.25, -0.2) is 0 Å². The molecular weight excluding hydrogens is 390 g/mol. The fraction of sp³-hybridized carbons (Fsp3) is 0.864. The summed E-state index contributed by atoms with van der Waals surface area (Å²) in [6, 6.07) is 0. The third-order valence-corrected chi connectivity index (χ3v) is 7.76. The van der Waals surface area contributed by atoms with Gasteiger partial charge in [0.2, 0.25) is 0 Å². The fourth-order valence-corrected chi connectivity index (χ4v) is 6.23. The highest BCUT2D eigenvalue weighted by molar-refractivity contribution is 5.86. The topological polar surface area (TPSA) is 91.4 Å². The molecule has 2 bridgehead atoms. The van der Waals surface area contributed by atoms with Crippen molar-refractivity contribution in [1.82, 2.24) is 4.90 Å². The van der Waals surface area contributed by atoms with Crippen LogP contribution in [0.25, 0.3) is 0 Å². The van der Waals surface area contributed by atoms with E-state index in [-0.39, 0.29) is 35.7 Å². The van der Waals surface area contributed by atoms with E-state index in [2.05, 4.69) is 4.90 Å². The van der Waals surface area contributed by atoms with Crippen LogP contribution in [0, 0.1) is 29.6 Å². The summed E-state index contributed by atoms with van der Waals surface area (Å²) in [7, 11) is 0. The Balaban J connectivity index is 1.21. The summed E-state index contributed by atoms with van der Waals surface area (Å²) in [6.07, 6.45) is 4.77. The Hall–Kier alpha value is -1.67. The fourth-order valence-electron chi connectivity index (χ4n) is 6.23. The van der Waals surface area contributed by atoms with E-state index in [0.29, 0.717) is 32.8 Å². The number of hydrogen-bond donors (Lipinski definition) is 0. The number of morpholine rings is 1. The highest BCUT2D eigenvalue weighted by Gasteiger charge is 2.70. The highest BCUT2D eigenvalue weighted by Crippen LogP contribution is 2.59. The summed E-state index contributed by atoms with van der Waals surface area (Å²) in [6.45, 7) is 4.02. The Morgan fingerprint density at radius 3 is 2.57 bits per heavy atom. The molecule has 0 N–H and O–H groups in total. The molecule has 2 heterocycles. The molecule has 0 aromatic rings. The van der Waals surface area contributed by atoms with Gasteiger partial charge in [0.15, 0.2) is 0 Å². The third-order valence-electron chi connectivity index (χ3n) is 7.76. The quantitative estimate of drug-likeness (QED) is 0.466. The molecule has 8 nitrogen and oxygen atoms in total. The first-order valence-electron chi connectivity index (χ1n) is 11.5. The number of esters is 3. The molecule has 8 heteroatoms. The van der Waals surface area contributed by atoms with Gasteiger partial charge < -0.3 is 18.9 Å². The number of rotatable bonds is 6. The zero-order valence-electron chi connectivity index (χ0n) is 17.3. The lowest BCUT2D eigenvalue weighted by atomic mass is 9.78.